The fourth-order valence-corrected chi connectivity index (χ4v) is 1.69. The van der Waals surface area contributed by atoms with E-state index in [1.807, 2.05) is 6.92 Å². The highest BCUT2D eigenvalue weighted by Crippen LogP contribution is 2.38. The minimum absolute atomic E-state index is 0.0997. The number of aromatic amines is 1. The van der Waals surface area contributed by atoms with E-state index in [0.717, 1.165) is 6.42 Å². The Hall–Kier alpha value is -3.24. The molecule has 11 heteroatoms. The number of aromatic nitrogens is 4. The molecule has 0 aliphatic heterocycles. The van der Waals surface area contributed by atoms with Gasteiger partial charge in [-0.1, -0.05) is 12.0 Å². The fourth-order valence-electron chi connectivity index (χ4n) is 1.69. The van der Waals surface area contributed by atoms with Gasteiger partial charge in [-0.05, 0) is 17.7 Å². The van der Waals surface area contributed by atoms with Gasteiger partial charge in [0.25, 0.3) is 5.95 Å². The van der Waals surface area contributed by atoms with Crippen molar-refractivity contribution in [2.75, 3.05) is 19.1 Å². The molecule has 122 valence electrons. The fraction of sp³-hybridized carbons (Fsp3) is 0.333. The molecule has 1 aromatic carbocycles. The maximum Gasteiger partial charge on any atom is 0.315 e. The monoisotopic (exact) mass is 321 g/mol. The van der Waals surface area contributed by atoms with Crippen LogP contribution in [-0.2, 0) is 0 Å². The van der Waals surface area contributed by atoms with Gasteiger partial charge < -0.3 is 9.47 Å². The van der Waals surface area contributed by atoms with Gasteiger partial charge in [-0.15, -0.1) is 5.10 Å². The first-order chi connectivity index (χ1) is 11.2. The third-order valence-electron chi connectivity index (χ3n) is 2.65. The van der Waals surface area contributed by atoms with E-state index in [2.05, 4.69) is 31.2 Å². The number of hydrogen-bond acceptors (Lipinski definition) is 9. The van der Waals surface area contributed by atoms with Crippen molar-refractivity contribution in [3.05, 3.63) is 27.8 Å². The van der Waals surface area contributed by atoms with Crippen LogP contribution in [0.2, 0.25) is 0 Å². The van der Waals surface area contributed by atoms with Crippen LogP contribution in [0, 0.1) is 10.1 Å². The number of nitro groups is 1. The van der Waals surface area contributed by atoms with Gasteiger partial charge in [0, 0.05) is 11.6 Å². The number of H-pyrrole nitrogens is 1. The Balaban J connectivity index is 2.28. The van der Waals surface area contributed by atoms with Crippen molar-refractivity contribution in [2.45, 2.75) is 13.3 Å². The second kappa shape index (κ2) is 7.68. The van der Waals surface area contributed by atoms with E-state index in [9.17, 15) is 10.1 Å². The predicted octanol–water partition coefficient (Wildman–Crippen LogP) is 1.35. The summed E-state index contributed by atoms with van der Waals surface area (Å²) in [4.78, 5) is 10.7. The number of nitrogens with zero attached hydrogens (tertiary/aromatic N) is 5. The highest BCUT2D eigenvalue weighted by Gasteiger charge is 2.21. The number of anilines is 1. The average Bonchev–Trinajstić information content (AvgIpc) is 3.06. The molecule has 0 amide bonds. The van der Waals surface area contributed by atoms with E-state index in [1.54, 1.807) is 6.07 Å². The van der Waals surface area contributed by atoms with Crippen molar-refractivity contribution < 1.29 is 14.4 Å². The SMILES string of the molecule is CCCOc1c(OC)cc(C=NNc2nn[nH]n2)cc1[N+](=O)[O-]. The lowest BCUT2D eigenvalue weighted by Gasteiger charge is -2.11. The molecule has 1 aromatic heterocycles. The van der Waals surface area contributed by atoms with Crippen molar-refractivity contribution in [1.29, 1.82) is 0 Å². The molecule has 23 heavy (non-hydrogen) atoms. The van der Waals surface area contributed by atoms with Gasteiger partial charge in [0.2, 0.25) is 5.75 Å². The molecule has 2 aromatic rings. The van der Waals surface area contributed by atoms with Crippen LogP contribution in [0.15, 0.2) is 17.2 Å². The van der Waals surface area contributed by atoms with Gasteiger partial charge in [0.15, 0.2) is 5.75 Å². The molecule has 1 heterocycles. The van der Waals surface area contributed by atoms with Crippen molar-refractivity contribution >= 4 is 17.9 Å². The number of hydrazone groups is 1. The summed E-state index contributed by atoms with van der Waals surface area (Å²) in [7, 11) is 1.41. The van der Waals surface area contributed by atoms with E-state index < -0.39 is 4.92 Å². The summed E-state index contributed by atoms with van der Waals surface area (Å²) in [5, 5.41) is 28.0. The lowest BCUT2D eigenvalue weighted by molar-refractivity contribution is -0.386. The number of benzene rings is 1. The Kier molecular flexibility index (Phi) is 5.39. The minimum atomic E-state index is -0.530. The second-order valence-electron chi connectivity index (χ2n) is 4.28. The molecule has 0 aliphatic rings. The van der Waals surface area contributed by atoms with Crippen LogP contribution >= 0.6 is 0 Å². The van der Waals surface area contributed by atoms with Crippen LogP contribution in [0.3, 0.4) is 0 Å². The summed E-state index contributed by atoms with van der Waals surface area (Å²) in [5.74, 6) is 0.530. The van der Waals surface area contributed by atoms with Gasteiger partial charge in [0.05, 0.1) is 24.9 Å². The average molecular weight is 321 g/mol. The summed E-state index contributed by atoms with van der Waals surface area (Å²) in [6, 6.07) is 2.92. The number of rotatable bonds is 8. The van der Waals surface area contributed by atoms with E-state index >= 15 is 0 Å². The molecule has 0 saturated carbocycles. The first-order valence-electron chi connectivity index (χ1n) is 6.67. The summed E-state index contributed by atoms with van der Waals surface area (Å²) in [6.07, 6.45) is 2.09. The quantitative estimate of drug-likeness (QED) is 0.421. The number of nitro benzene ring substituents is 1. The Morgan fingerprint density at radius 3 is 2.96 bits per heavy atom. The van der Waals surface area contributed by atoms with E-state index in [0.29, 0.717) is 12.2 Å². The third-order valence-corrected chi connectivity index (χ3v) is 2.65. The summed E-state index contributed by atoms with van der Waals surface area (Å²) in [6.45, 7) is 2.26. The molecule has 0 saturated heterocycles. The van der Waals surface area contributed by atoms with E-state index in [-0.39, 0.29) is 23.1 Å². The lowest BCUT2D eigenvalue weighted by Crippen LogP contribution is -2.03. The topological polar surface area (TPSA) is 140 Å². The molecule has 0 atom stereocenters. The molecule has 0 fully saturated rings. The highest BCUT2D eigenvalue weighted by atomic mass is 16.6. The summed E-state index contributed by atoms with van der Waals surface area (Å²) in [5.41, 5.74) is 2.78. The molecule has 0 aliphatic carbocycles. The van der Waals surface area contributed by atoms with Crippen molar-refractivity contribution in [3.8, 4) is 11.5 Å². The smallest absolute Gasteiger partial charge is 0.315 e. The van der Waals surface area contributed by atoms with E-state index in [1.165, 1.54) is 19.4 Å². The van der Waals surface area contributed by atoms with E-state index in [4.69, 9.17) is 9.47 Å². The van der Waals surface area contributed by atoms with Gasteiger partial charge in [-0.3, -0.25) is 10.1 Å². The largest absolute Gasteiger partial charge is 0.493 e. The molecule has 0 radical (unpaired) electrons. The summed E-state index contributed by atoms with van der Waals surface area (Å²) >= 11 is 0. The first-order valence-corrected chi connectivity index (χ1v) is 6.67. The zero-order valence-electron chi connectivity index (χ0n) is 12.5. The Labute approximate surface area is 130 Å². The third kappa shape index (κ3) is 4.12. The van der Waals surface area contributed by atoms with Gasteiger partial charge in [0.1, 0.15) is 0 Å². The van der Waals surface area contributed by atoms with Crippen molar-refractivity contribution in [1.82, 2.24) is 20.6 Å². The van der Waals surface area contributed by atoms with Crippen LogP contribution in [-0.4, -0.2) is 45.5 Å². The number of ether oxygens (including phenoxy) is 2. The predicted molar refractivity (Wildman–Crippen MR) is 80.8 cm³/mol. The normalized spacial score (nSPS) is 10.7. The molecule has 0 spiro atoms. The van der Waals surface area contributed by atoms with Crippen molar-refractivity contribution in [2.24, 2.45) is 5.10 Å². The zero-order valence-corrected chi connectivity index (χ0v) is 12.5. The molecule has 11 nitrogen and oxygen atoms in total. The molecule has 0 bridgehead atoms. The molecule has 2 rings (SSSR count). The second-order valence-corrected chi connectivity index (χ2v) is 4.28. The van der Waals surface area contributed by atoms with Crippen LogP contribution in [0.4, 0.5) is 11.6 Å². The van der Waals surface area contributed by atoms with Crippen LogP contribution in [0.1, 0.15) is 18.9 Å². The maximum atomic E-state index is 11.2. The standard InChI is InChI=1S/C12H15N7O4/c1-3-4-23-11-9(19(20)21)5-8(6-10(11)22-2)7-13-14-12-15-17-18-16-12/h5-7H,3-4H2,1-2H3,(H2,14,15,16,17,18). The molecule has 2 N–H and O–H groups in total. The number of hydrogen-bond donors (Lipinski definition) is 2. The number of nitrogens with one attached hydrogen (secondary N) is 2. The number of tetrazole rings is 1. The minimum Gasteiger partial charge on any atom is -0.493 e. The zero-order chi connectivity index (χ0) is 16.7. The van der Waals surface area contributed by atoms with Gasteiger partial charge in [-0.25, -0.2) is 5.43 Å². The Bertz CT molecular complexity index is 687. The lowest BCUT2D eigenvalue weighted by atomic mass is 10.2. The maximum absolute atomic E-state index is 11.2. The van der Waals surface area contributed by atoms with Crippen LogP contribution < -0.4 is 14.9 Å². The summed E-state index contributed by atoms with van der Waals surface area (Å²) < 4.78 is 10.6. The van der Waals surface area contributed by atoms with Crippen LogP contribution in [0.5, 0.6) is 11.5 Å². The Morgan fingerprint density at radius 1 is 1.52 bits per heavy atom. The van der Waals surface area contributed by atoms with Gasteiger partial charge >= 0.3 is 5.69 Å². The molecule has 0 unspecified atom stereocenters. The molecular formula is C12H15N7O4. The van der Waals surface area contributed by atoms with Crippen LogP contribution in [0.25, 0.3) is 0 Å². The van der Waals surface area contributed by atoms with Crippen molar-refractivity contribution in [3.63, 3.8) is 0 Å². The molecular weight excluding hydrogens is 306 g/mol. The van der Waals surface area contributed by atoms with Gasteiger partial charge in [-0.2, -0.15) is 10.3 Å². The Morgan fingerprint density at radius 2 is 2.35 bits per heavy atom. The number of methoxy groups -OCH3 is 1. The first kappa shape index (κ1) is 16.1. The highest BCUT2D eigenvalue weighted by molar-refractivity contribution is 5.83.